The van der Waals surface area contributed by atoms with Gasteiger partial charge in [0, 0.05) is 22.1 Å². The van der Waals surface area contributed by atoms with E-state index in [2.05, 4.69) is 15.5 Å². The molecule has 0 saturated carbocycles. The third kappa shape index (κ3) is 3.75. The van der Waals surface area contributed by atoms with Crippen molar-refractivity contribution in [3.8, 4) is 17.0 Å². The number of halogens is 1. The van der Waals surface area contributed by atoms with Crippen molar-refractivity contribution in [2.75, 3.05) is 5.43 Å². The molecule has 1 aromatic heterocycles. The second-order valence-corrected chi connectivity index (χ2v) is 6.39. The van der Waals surface area contributed by atoms with Gasteiger partial charge in [0.05, 0.1) is 17.8 Å². The lowest BCUT2D eigenvalue weighted by atomic mass is 10.1. The normalized spacial score (nSPS) is 11.1. The molecule has 0 bridgehead atoms. The first-order valence-corrected chi connectivity index (χ1v) is 8.77. The molecule has 6 heteroatoms. The number of thiazole rings is 1. The average Bonchev–Trinajstić information content (AvgIpc) is 3.07. The zero-order valence-electron chi connectivity index (χ0n) is 13.0. The van der Waals surface area contributed by atoms with Crippen molar-refractivity contribution in [3.63, 3.8) is 0 Å². The molecule has 4 nitrogen and oxygen atoms in total. The Morgan fingerprint density at radius 2 is 2.08 bits per heavy atom. The van der Waals surface area contributed by atoms with Crippen LogP contribution in [0.1, 0.15) is 16.7 Å². The summed E-state index contributed by atoms with van der Waals surface area (Å²) in [6.07, 6.45) is 1.57. The molecule has 0 radical (unpaired) electrons. The van der Waals surface area contributed by atoms with Crippen LogP contribution in [0.3, 0.4) is 0 Å². The fraction of sp³-hybridized carbons (Fsp3) is 0.111. The molecule has 0 aliphatic carbocycles. The quantitative estimate of drug-likeness (QED) is 0.383. The Kier molecular flexibility index (Phi) is 5.13. The molecule has 0 atom stereocenters. The Balaban J connectivity index is 1.74. The van der Waals surface area contributed by atoms with E-state index in [0.717, 1.165) is 16.8 Å². The van der Waals surface area contributed by atoms with Crippen molar-refractivity contribution in [2.24, 2.45) is 5.10 Å². The molecular formula is C18H16ClN3OS. The van der Waals surface area contributed by atoms with Crippen LogP contribution >= 0.6 is 22.9 Å². The number of aryl methyl sites for hydroxylation is 1. The van der Waals surface area contributed by atoms with Crippen molar-refractivity contribution in [3.05, 3.63) is 64.5 Å². The minimum atomic E-state index is 0.158. The van der Waals surface area contributed by atoms with Crippen LogP contribution in [0.25, 0.3) is 11.3 Å². The first-order chi connectivity index (χ1) is 11.7. The number of hydrogen-bond acceptors (Lipinski definition) is 5. The minimum Gasteiger partial charge on any atom is -0.507 e. The maximum Gasteiger partial charge on any atom is 0.203 e. The highest BCUT2D eigenvalue weighted by Gasteiger charge is 2.07. The van der Waals surface area contributed by atoms with E-state index in [1.54, 1.807) is 6.21 Å². The number of hydrazone groups is 1. The Morgan fingerprint density at radius 3 is 2.83 bits per heavy atom. The maximum absolute atomic E-state index is 10.1. The average molecular weight is 358 g/mol. The number of rotatable bonds is 5. The van der Waals surface area contributed by atoms with Crippen LogP contribution in [0.2, 0.25) is 0 Å². The molecule has 0 aliphatic heterocycles. The van der Waals surface area contributed by atoms with E-state index in [0.29, 0.717) is 16.3 Å². The van der Waals surface area contributed by atoms with Gasteiger partial charge in [-0.1, -0.05) is 36.4 Å². The van der Waals surface area contributed by atoms with Crippen molar-refractivity contribution in [2.45, 2.75) is 12.8 Å². The summed E-state index contributed by atoms with van der Waals surface area (Å²) < 4.78 is 0. The van der Waals surface area contributed by atoms with Crippen LogP contribution in [-0.4, -0.2) is 16.3 Å². The monoisotopic (exact) mass is 357 g/mol. The highest BCUT2D eigenvalue weighted by molar-refractivity contribution is 7.14. The predicted octanol–water partition coefficient (Wildman–Crippen LogP) is 5.01. The number of phenolic OH excluding ortho intramolecular Hbond substituents is 1. The molecule has 2 aromatic carbocycles. The highest BCUT2D eigenvalue weighted by Crippen LogP contribution is 2.26. The second-order valence-electron chi connectivity index (χ2n) is 5.27. The molecule has 0 amide bonds. The Morgan fingerprint density at radius 1 is 1.29 bits per heavy atom. The number of nitrogens with one attached hydrogen (secondary N) is 1. The molecule has 1 heterocycles. The Hall–Kier alpha value is -2.37. The van der Waals surface area contributed by atoms with E-state index in [-0.39, 0.29) is 11.6 Å². The van der Waals surface area contributed by atoms with Gasteiger partial charge in [-0.25, -0.2) is 4.98 Å². The summed E-state index contributed by atoms with van der Waals surface area (Å²) in [7, 11) is 0. The van der Waals surface area contributed by atoms with E-state index < -0.39 is 0 Å². The maximum atomic E-state index is 10.1. The van der Waals surface area contributed by atoms with Crippen LogP contribution in [-0.2, 0) is 5.88 Å². The van der Waals surface area contributed by atoms with Gasteiger partial charge >= 0.3 is 0 Å². The molecule has 0 aliphatic rings. The van der Waals surface area contributed by atoms with Crippen LogP contribution in [0.4, 0.5) is 5.13 Å². The molecule has 0 fully saturated rings. The molecule has 3 aromatic rings. The van der Waals surface area contributed by atoms with Crippen molar-refractivity contribution < 1.29 is 5.11 Å². The fourth-order valence-electron chi connectivity index (χ4n) is 2.31. The predicted molar refractivity (Wildman–Crippen MR) is 101 cm³/mol. The molecule has 122 valence electrons. The molecule has 2 N–H and O–H groups in total. The summed E-state index contributed by atoms with van der Waals surface area (Å²) in [6, 6.07) is 13.7. The van der Waals surface area contributed by atoms with Gasteiger partial charge in [-0.05, 0) is 18.6 Å². The summed E-state index contributed by atoms with van der Waals surface area (Å²) >= 11 is 7.31. The molecule has 0 spiro atoms. The summed E-state index contributed by atoms with van der Waals surface area (Å²) in [4.78, 5) is 4.50. The summed E-state index contributed by atoms with van der Waals surface area (Å²) in [6.45, 7) is 1.95. The Bertz CT molecular complexity index is 862. The van der Waals surface area contributed by atoms with Gasteiger partial charge in [-0.15, -0.1) is 22.9 Å². The van der Waals surface area contributed by atoms with Gasteiger partial charge in [0.25, 0.3) is 0 Å². The topological polar surface area (TPSA) is 57.5 Å². The lowest BCUT2D eigenvalue weighted by Crippen LogP contribution is -1.93. The molecular weight excluding hydrogens is 342 g/mol. The van der Waals surface area contributed by atoms with E-state index in [4.69, 9.17) is 11.6 Å². The van der Waals surface area contributed by atoms with E-state index in [9.17, 15) is 5.11 Å². The van der Waals surface area contributed by atoms with Crippen molar-refractivity contribution in [1.82, 2.24) is 4.98 Å². The molecule has 24 heavy (non-hydrogen) atoms. The number of aromatic hydroxyl groups is 1. The van der Waals surface area contributed by atoms with Crippen LogP contribution < -0.4 is 5.43 Å². The number of benzene rings is 2. The van der Waals surface area contributed by atoms with Crippen LogP contribution in [0.5, 0.6) is 5.75 Å². The van der Waals surface area contributed by atoms with Gasteiger partial charge in [0.1, 0.15) is 5.75 Å². The van der Waals surface area contributed by atoms with Gasteiger partial charge in [0.15, 0.2) is 0 Å². The van der Waals surface area contributed by atoms with Crippen molar-refractivity contribution >= 4 is 34.3 Å². The zero-order valence-corrected chi connectivity index (χ0v) is 14.6. The lowest BCUT2D eigenvalue weighted by Gasteiger charge is -2.06. The molecule has 3 rings (SSSR count). The third-order valence-corrected chi connectivity index (χ3v) is 4.48. The lowest BCUT2D eigenvalue weighted by molar-refractivity contribution is 0.469. The SMILES string of the molecule is Cc1cc(C=NNc2nc(-c3ccccc3)cs2)c(O)c(CCl)c1. The molecule has 0 saturated heterocycles. The summed E-state index contributed by atoms with van der Waals surface area (Å²) in [5.74, 6) is 0.416. The number of alkyl halides is 1. The minimum absolute atomic E-state index is 0.158. The smallest absolute Gasteiger partial charge is 0.203 e. The number of anilines is 1. The Labute approximate surface area is 149 Å². The van der Waals surface area contributed by atoms with E-state index in [1.165, 1.54) is 11.3 Å². The van der Waals surface area contributed by atoms with Gasteiger partial charge < -0.3 is 5.11 Å². The van der Waals surface area contributed by atoms with Crippen LogP contribution in [0, 0.1) is 6.92 Å². The summed E-state index contributed by atoms with van der Waals surface area (Å²) in [5, 5.41) is 17.0. The number of nitrogens with zero attached hydrogens (tertiary/aromatic N) is 2. The van der Waals surface area contributed by atoms with E-state index >= 15 is 0 Å². The van der Waals surface area contributed by atoms with Gasteiger partial charge in [-0.3, -0.25) is 5.43 Å². The largest absolute Gasteiger partial charge is 0.507 e. The number of hydrogen-bond donors (Lipinski definition) is 2. The standard InChI is InChI=1S/C18H16ClN3OS/c1-12-7-14(9-19)17(23)15(8-12)10-20-22-18-21-16(11-24-18)13-5-3-2-4-6-13/h2-8,10-11,23H,9H2,1H3,(H,21,22). The van der Waals surface area contributed by atoms with Crippen LogP contribution in [0.15, 0.2) is 52.9 Å². The van der Waals surface area contributed by atoms with Gasteiger partial charge in [0.2, 0.25) is 5.13 Å². The second kappa shape index (κ2) is 7.47. The first kappa shape index (κ1) is 16.5. The molecule has 0 unspecified atom stereocenters. The summed E-state index contributed by atoms with van der Waals surface area (Å²) in [5.41, 5.74) is 7.20. The third-order valence-electron chi connectivity index (χ3n) is 3.44. The number of phenols is 1. The fourth-order valence-corrected chi connectivity index (χ4v) is 3.18. The highest BCUT2D eigenvalue weighted by atomic mass is 35.5. The number of aromatic nitrogens is 1. The van der Waals surface area contributed by atoms with Gasteiger partial charge in [-0.2, -0.15) is 5.10 Å². The van der Waals surface area contributed by atoms with E-state index in [1.807, 2.05) is 54.8 Å². The van der Waals surface area contributed by atoms with Crippen molar-refractivity contribution in [1.29, 1.82) is 0 Å². The zero-order chi connectivity index (χ0) is 16.9. The first-order valence-electron chi connectivity index (χ1n) is 7.36.